The number of fused-ring (bicyclic) bond motifs is 1. The van der Waals surface area contributed by atoms with Crippen LogP contribution in [0.4, 0.5) is 11.5 Å². The van der Waals surface area contributed by atoms with Crippen molar-refractivity contribution in [1.82, 2.24) is 9.88 Å². The second kappa shape index (κ2) is 8.39. The first kappa shape index (κ1) is 19.7. The number of methoxy groups -OCH3 is 1. The van der Waals surface area contributed by atoms with Crippen molar-refractivity contribution in [2.75, 3.05) is 44.0 Å². The molecule has 1 aromatic heterocycles. The van der Waals surface area contributed by atoms with E-state index in [0.29, 0.717) is 36.8 Å². The number of aliphatic imine (C=N–C) groups is 1. The molecule has 1 fully saturated rings. The molecule has 8 heteroatoms. The van der Waals surface area contributed by atoms with Crippen LogP contribution in [-0.2, 0) is 4.74 Å². The molecule has 1 aromatic carbocycles. The highest BCUT2D eigenvalue weighted by Gasteiger charge is 2.43. The van der Waals surface area contributed by atoms with Crippen LogP contribution in [0.2, 0.25) is 5.02 Å². The molecule has 0 atom stereocenters. The van der Waals surface area contributed by atoms with Gasteiger partial charge in [-0.1, -0.05) is 17.7 Å². The number of rotatable bonds is 4. The first-order chi connectivity index (χ1) is 14.1. The molecule has 2 aliphatic heterocycles. The molecule has 2 aromatic rings. The van der Waals surface area contributed by atoms with Gasteiger partial charge in [-0.15, -0.1) is 0 Å². The SMILES string of the molecule is COCCN=C1Nc2ncccc2NC12CCN(C(=O)c1cccc(Cl)c1)CC2. The average molecular weight is 414 g/mol. The molecule has 29 heavy (non-hydrogen) atoms. The summed E-state index contributed by atoms with van der Waals surface area (Å²) in [6.07, 6.45) is 3.24. The van der Waals surface area contributed by atoms with Crippen LogP contribution in [0.3, 0.4) is 0 Å². The first-order valence-corrected chi connectivity index (χ1v) is 10.1. The lowest BCUT2D eigenvalue weighted by atomic mass is 9.84. The fourth-order valence-corrected chi connectivity index (χ4v) is 4.04. The van der Waals surface area contributed by atoms with Gasteiger partial charge in [-0.25, -0.2) is 4.98 Å². The number of anilines is 2. The molecule has 4 rings (SSSR count). The van der Waals surface area contributed by atoms with Crippen LogP contribution in [-0.4, -0.2) is 60.5 Å². The van der Waals surface area contributed by atoms with Crippen molar-refractivity contribution in [2.45, 2.75) is 18.4 Å². The van der Waals surface area contributed by atoms with E-state index >= 15 is 0 Å². The number of piperidine rings is 1. The van der Waals surface area contributed by atoms with Crippen LogP contribution < -0.4 is 10.6 Å². The van der Waals surface area contributed by atoms with Gasteiger partial charge in [0, 0.05) is 37.0 Å². The summed E-state index contributed by atoms with van der Waals surface area (Å²) >= 11 is 6.05. The predicted octanol–water partition coefficient (Wildman–Crippen LogP) is 3.29. The van der Waals surface area contributed by atoms with Crippen molar-refractivity contribution in [3.05, 3.63) is 53.2 Å². The van der Waals surface area contributed by atoms with Crippen molar-refractivity contribution in [3.8, 4) is 0 Å². The largest absolute Gasteiger partial charge is 0.383 e. The summed E-state index contributed by atoms with van der Waals surface area (Å²) < 4.78 is 5.15. The zero-order valence-electron chi connectivity index (χ0n) is 16.3. The number of halogens is 1. The average Bonchev–Trinajstić information content (AvgIpc) is 2.74. The molecule has 152 valence electrons. The van der Waals surface area contributed by atoms with E-state index in [1.807, 2.05) is 17.0 Å². The maximum atomic E-state index is 12.9. The number of nitrogens with one attached hydrogen (secondary N) is 2. The summed E-state index contributed by atoms with van der Waals surface area (Å²) in [6.45, 7) is 2.36. The highest BCUT2D eigenvalue weighted by atomic mass is 35.5. The Balaban J connectivity index is 1.54. The second-order valence-electron chi connectivity index (χ2n) is 7.26. The Labute approximate surface area is 175 Å². The van der Waals surface area contributed by atoms with Crippen LogP contribution in [0, 0.1) is 0 Å². The fraction of sp³-hybridized carbons (Fsp3) is 0.381. The molecule has 3 heterocycles. The number of likely N-dealkylation sites (tertiary alicyclic amines) is 1. The van der Waals surface area contributed by atoms with E-state index < -0.39 is 0 Å². The monoisotopic (exact) mass is 413 g/mol. The number of ether oxygens (including phenoxy) is 1. The Bertz CT molecular complexity index is 925. The highest BCUT2D eigenvalue weighted by Crippen LogP contribution is 2.36. The molecule has 1 amide bonds. The van der Waals surface area contributed by atoms with Gasteiger partial charge in [0.1, 0.15) is 5.84 Å². The summed E-state index contributed by atoms with van der Waals surface area (Å²) in [5, 5.41) is 7.61. The van der Waals surface area contributed by atoms with E-state index in [9.17, 15) is 4.79 Å². The van der Waals surface area contributed by atoms with E-state index in [-0.39, 0.29) is 11.4 Å². The van der Waals surface area contributed by atoms with E-state index in [0.717, 1.165) is 30.2 Å². The standard InChI is InChI=1S/C21H24ClN5O2/c1-29-13-10-24-20-21(26-17-6-3-9-23-18(17)25-20)7-11-27(12-8-21)19(28)15-4-2-5-16(22)14-15/h2-6,9,14,26H,7-8,10-13H2,1H3,(H,23,24,25). The minimum atomic E-state index is -0.352. The molecule has 7 nitrogen and oxygen atoms in total. The van der Waals surface area contributed by atoms with Gasteiger partial charge in [-0.2, -0.15) is 0 Å². The molecule has 0 unspecified atom stereocenters. The minimum Gasteiger partial charge on any atom is -0.383 e. The van der Waals surface area contributed by atoms with Crippen molar-refractivity contribution >= 4 is 34.8 Å². The molecular weight excluding hydrogens is 390 g/mol. The maximum Gasteiger partial charge on any atom is 0.253 e. The van der Waals surface area contributed by atoms with Crippen molar-refractivity contribution in [1.29, 1.82) is 0 Å². The number of carbonyl (C=O) groups is 1. The summed E-state index contributed by atoms with van der Waals surface area (Å²) in [7, 11) is 1.67. The van der Waals surface area contributed by atoms with Gasteiger partial charge in [-0.05, 0) is 43.2 Å². The zero-order valence-corrected chi connectivity index (χ0v) is 17.1. The van der Waals surface area contributed by atoms with Crippen molar-refractivity contribution in [3.63, 3.8) is 0 Å². The summed E-state index contributed by atoms with van der Waals surface area (Å²) in [5.41, 5.74) is 1.22. The van der Waals surface area contributed by atoms with Gasteiger partial charge >= 0.3 is 0 Å². The third-order valence-corrected chi connectivity index (χ3v) is 5.65. The van der Waals surface area contributed by atoms with Crippen LogP contribution in [0.5, 0.6) is 0 Å². The summed E-state index contributed by atoms with van der Waals surface area (Å²) in [6, 6.07) is 11.0. The number of aromatic nitrogens is 1. The van der Waals surface area contributed by atoms with Crippen LogP contribution in [0.1, 0.15) is 23.2 Å². The van der Waals surface area contributed by atoms with Gasteiger partial charge in [0.25, 0.3) is 5.91 Å². The highest BCUT2D eigenvalue weighted by molar-refractivity contribution is 6.31. The lowest BCUT2D eigenvalue weighted by molar-refractivity contribution is 0.0705. The minimum absolute atomic E-state index is 0.00561. The maximum absolute atomic E-state index is 12.9. The smallest absolute Gasteiger partial charge is 0.253 e. The number of pyridine rings is 1. The number of nitrogens with zero attached hydrogens (tertiary/aromatic N) is 3. The van der Waals surface area contributed by atoms with Gasteiger partial charge in [0.15, 0.2) is 5.82 Å². The van der Waals surface area contributed by atoms with Gasteiger partial charge in [0.05, 0.1) is 24.4 Å². The van der Waals surface area contributed by atoms with E-state index in [4.69, 9.17) is 21.3 Å². The van der Waals surface area contributed by atoms with Crippen LogP contribution in [0.15, 0.2) is 47.6 Å². The molecule has 1 saturated heterocycles. The van der Waals surface area contributed by atoms with Crippen molar-refractivity contribution in [2.24, 2.45) is 4.99 Å². The van der Waals surface area contributed by atoms with Gasteiger partial charge < -0.3 is 20.3 Å². The molecule has 1 spiro atoms. The zero-order chi connectivity index (χ0) is 20.3. The third-order valence-electron chi connectivity index (χ3n) is 5.41. The van der Waals surface area contributed by atoms with E-state index in [1.165, 1.54) is 0 Å². The number of amides is 1. The second-order valence-corrected chi connectivity index (χ2v) is 7.69. The van der Waals surface area contributed by atoms with Gasteiger partial charge in [-0.3, -0.25) is 9.79 Å². The normalized spacial score (nSPS) is 18.8. The Morgan fingerprint density at radius 3 is 2.90 bits per heavy atom. The van der Waals surface area contributed by atoms with E-state index in [1.54, 1.807) is 37.6 Å². The molecule has 0 aliphatic carbocycles. The third kappa shape index (κ3) is 4.06. The number of hydrogen-bond donors (Lipinski definition) is 2. The fourth-order valence-electron chi connectivity index (χ4n) is 3.85. The lowest BCUT2D eigenvalue weighted by Gasteiger charge is -2.46. The number of amidine groups is 1. The van der Waals surface area contributed by atoms with Crippen molar-refractivity contribution < 1.29 is 9.53 Å². The van der Waals surface area contributed by atoms with Crippen LogP contribution >= 0.6 is 11.6 Å². The Hall–Kier alpha value is -2.64. The Morgan fingerprint density at radius 2 is 2.14 bits per heavy atom. The molecule has 0 bridgehead atoms. The van der Waals surface area contributed by atoms with Crippen LogP contribution in [0.25, 0.3) is 0 Å². The Kier molecular flexibility index (Phi) is 5.69. The number of carbonyl (C=O) groups excluding carboxylic acids is 1. The molecule has 0 saturated carbocycles. The molecular formula is C21H24ClN5O2. The summed E-state index contributed by atoms with van der Waals surface area (Å²) in [4.78, 5) is 23.9. The van der Waals surface area contributed by atoms with Gasteiger partial charge in [0.2, 0.25) is 0 Å². The first-order valence-electron chi connectivity index (χ1n) is 9.70. The number of benzene rings is 1. The lowest BCUT2D eigenvalue weighted by Crippen LogP contribution is -2.59. The number of hydrogen-bond acceptors (Lipinski definition) is 5. The molecule has 0 radical (unpaired) electrons. The van der Waals surface area contributed by atoms with E-state index in [2.05, 4.69) is 15.6 Å². The predicted molar refractivity (Wildman–Crippen MR) is 115 cm³/mol. The topological polar surface area (TPSA) is 78.8 Å². The Morgan fingerprint density at radius 1 is 1.31 bits per heavy atom. The molecule has 2 N–H and O–H groups in total. The molecule has 2 aliphatic rings. The quantitative estimate of drug-likeness (QED) is 0.752. The summed E-state index contributed by atoms with van der Waals surface area (Å²) in [5.74, 6) is 1.63.